The Morgan fingerprint density at radius 2 is 1.90 bits per heavy atom. The summed E-state index contributed by atoms with van der Waals surface area (Å²) in [5.41, 5.74) is 1.83. The van der Waals surface area contributed by atoms with Gasteiger partial charge in [0, 0.05) is 24.6 Å². The monoisotopic (exact) mass is 294 g/mol. The summed E-state index contributed by atoms with van der Waals surface area (Å²) < 4.78 is 4.09. The molecule has 0 radical (unpaired) electrons. The van der Waals surface area contributed by atoms with E-state index in [1.54, 1.807) is 0 Å². The van der Waals surface area contributed by atoms with Gasteiger partial charge in [-0.05, 0) is 51.1 Å². The molecule has 1 saturated carbocycles. The Labute approximate surface area is 126 Å². The Morgan fingerprint density at radius 1 is 1.15 bits per heavy atom. The molecule has 1 saturated heterocycles. The quantitative estimate of drug-likeness (QED) is 0.922. The van der Waals surface area contributed by atoms with Gasteiger partial charge in [-0.2, -0.15) is 0 Å². The van der Waals surface area contributed by atoms with Crippen LogP contribution in [-0.4, -0.2) is 34.1 Å². The van der Waals surface area contributed by atoms with Crippen LogP contribution in [0.4, 0.5) is 5.00 Å². The standard InChI is InChI=1S/C15H26N4S/c1-2-16-14-13(17-18-20-14)12-19-10-8-15(9-11-19)6-4-3-5-7-15/h16H,2-12H2,1H3. The first kappa shape index (κ1) is 14.3. The molecule has 1 N–H and O–H groups in total. The molecule has 1 aliphatic carbocycles. The number of piperidine rings is 1. The smallest absolute Gasteiger partial charge is 0.134 e. The van der Waals surface area contributed by atoms with Gasteiger partial charge in [-0.25, -0.2) is 0 Å². The summed E-state index contributed by atoms with van der Waals surface area (Å²) in [5, 5.41) is 8.82. The van der Waals surface area contributed by atoms with E-state index in [0.717, 1.165) is 23.8 Å². The van der Waals surface area contributed by atoms with Crippen LogP contribution < -0.4 is 5.32 Å². The Bertz CT molecular complexity index is 415. The summed E-state index contributed by atoms with van der Waals surface area (Å²) in [7, 11) is 0. The Kier molecular flexibility index (Phi) is 4.56. The summed E-state index contributed by atoms with van der Waals surface area (Å²) in [6.45, 7) is 6.51. The number of anilines is 1. The second-order valence-electron chi connectivity index (χ2n) is 6.42. The van der Waals surface area contributed by atoms with E-state index in [4.69, 9.17) is 0 Å². The number of hydrogen-bond acceptors (Lipinski definition) is 5. The second kappa shape index (κ2) is 6.39. The second-order valence-corrected chi connectivity index (χ2v) is 7.17. The van der Waals surface area contributed by atoms with Crippen LogP contribution in [0.2, 0.25) is 0 Å². The number of aromatic nitrogens is 2. The fraction of sp³-hybridized carbons (Fsp3) is 0.867. The average Bonchev–Trinajstić information content (AvgIpc) is 2.90. The van der Waals surface area contributed by atoms with Crippen LogP contribution in [0.15, 0.2) is 0 Å². The maximum Gasteiger partial charge on any atom is 0.134 e. The summed E-state index contributed by atoms with van der Waals surface area (Å²) in [6.07, 6.45) is 10.1. The van der Waals surface area contributed by atoms with Crippen molar-refractivity contribution in [1.29, 1.82) is 0 Å². The topological polar surface area (TPSA) is 41.1 Å². The van der Waals surface area contributed by atoms with Crippen molar-refractivity contribution in [2.75, 3.05) is 25.0 Å². The SMILES string of the molecule is CCNc1snnc1CN1CCC2(CCCCC2)CC1. The highest BCUT2D eigenvalue weighted by molar-refractivity contribution is 7.10. The van der Waals surface area contributed by atoms with Gasteiger partial charge >= 0.3 is 0 Å². The lowest BCUT2D eigenvalue weighted by Gasteiger charge is -2.44. The molecule has 2 fully saturated rings. The third-order valence-electron chi connectivity index (χ3n) is 5.10. The molecule has 1 aliphatic heterocycles. The zero-order valence-corrected chi connectivity index (χ0v) is 13.3. The number of likely N-dealkylation sites (tertiary alicyclic amines) is 1. The molecule has 0 unspecified atom stereocenters. The van der Waals surface area contributed by atoms with E-state index in [1.807, 2.05) is 0 Å². The van der Waals surface area contributed by atoms with Crippen molar-refractivity contribution in [2.45, 2.75) is 58.4 Å². The molecule has 0 bridgehead atoms. The summed E-state index contributed by atoms with van der Waals surface area (Å²) in [6, 6.07) is 0. The number of nitrogens with one attached hydrogen (secondary N) is 1. The molecule has 2 aliphatic rings. The van der Waals surface area contributed by atoms with Crippen molar-refractivity contribution in [3.05, 3.63) is 5.69 Å². The zero-order chi connectivity index (χ0) is 13.8. The predicted octanol–water partition coefficient (Wildman–Crippen LogP) is 3.52. The summed E-state index contributed by atoms with van der Waals surface area (Å²) >= 11 is 1.49. The minimum Gasteiger partial charge on any atom is -0.374 e. The molecular weight excluding hydrogens is 268 g/mol. The molecule has 5 heteroatoms. The summed E-state index contributed by atoms with van der Waals surface area (Å²) in [4.78, 5) is 2.57. The lowest BCUT2D eigenvalue weighted by molar-refractivity contribution is 0.0636. The van der Waals surface area contributed by atoms with Gasteiger partial charge in [0.05, 0.1) is 0 Å². The van der Waals surface area contributed by atoms with Gasteiger partial charge in [-0.15, -0.1) is 5.10 Å². The van der Waals surface area contributed by atoms with E-state index in [1.165, 1.54) is 69.6 Å². The lowest BCUT2D eigenvalue weighted by atomic mass is 9.68. The van der Waals surface area contributed by atoms with Crippen LogP contribution in [0.5, 0.6) is 0 Å². The fourth-order valence-electron chi connectivity index (χ4n) is 3.81. The molecule has 1 spiro atoms. The maximum atomic E-state index is 4.30. The first-order chi connectivity index (χ1) is 9.81. The Morgan fingerprint density at radius 3 is 2.60 bits per heavy atom. The molecule has 1 aromatic rings. The van der Waals surface area contributed by atoms with Gasteiger partial charge in [0.25, 0.3) is 0 Å². The van der Waals surface area contributed by atoms with Crippen molar-refractivity contribution in [2.24, 2.45) is 5.41 Å². The van der Waals surface area contributed by atoms with Gasteiger partial charge in [0.15, 0.2) is 0 Å². The molecule has 112 valence electrons. The normalized spacial score (nSPS) is 23.1. The molecular formula is C15H26N4S. The van der Waals surface area contributed by atoms with Crippen LogP contribution in [-0.2, 0) is 6.54 Å². The molecule has 0 aromatic carbocycles. The molecule has 0 atom stereocenters. The highest BCUT2D eigenvalue weighted by atomic mass is 32.1. The molecule has 0 amide bonds. The van der Waals surface area contributed by atoms with Crippen LogP contribution in [0, 0.1) is 5.41 Å². The van der Waals surface area contributed by atoms with Crippen LogP contribution >= 0.6 is 11.5 Å². The van der Waals surface area contributed by atoms with E-state index >= 15 is 0 Å². The van der Waals surface area contributed by atoms with Crippen LogP contribution in [0.1, 0.15) is 57.6 Å². The minimum absolute atomic E-state index is 0.694. The molecule has 3 rings (SSSR count). The van der Waals surface area contributed by atoms with Crippen molar-refractivity contribution in [1.82, 2.24) is 14.5 Å². The Hall–Kier alpha value is -0.680. The summed E-state index contributed by atoms with van der Waals surface area (Å²) in [5.74, 6) is 0. The van der Waals surface area contributed by atoms with Gasteiger partial charge in [-0.1, -0.05) is 23.8 Å². The fourth-order valence-corrected chi connectivity index (χ4v) is 4.45. The van der Waals surface area contributed by atoms with Crippen molar-refractivity contribution in [3.8, 4) is 0 Å². The van der Waals surface area contributed by atoms with Crippen LogP contribution in [0.3, 0.4) is 0 Å². The van der Waals surface area contributed by atoms with E-state index in [-0.39, 0.29) is 0 Å². The molecule has 20 heavy (non-hydrogen) atoms. The number of rotatable bonds is 4. The highest BCUT2D eigenvalue weighted by Crippen LogP contribution is 2.44. The van der Waals surface area contributed by atoms with Gasteiger partial charge < -0.3 is 5.32 Å². The molecule has 4 nitrogen and oxygen atoms in total. The minimum atomic E-state index is 0.694. The predicted molar refractivity (Wildman–Crippen MR) is 84.1 cm³/mol. The van der Waals surface area contributed by atoms with Crippen molar-refractivity contribution in [3.63, 3.8) is 0 Å². The Balaban J connectivity index is 1.54. The maximum absolute atomic E-state index is 4.30. The van der Waals surface area contributed by atoms with E-state index in [2.05, 4.69) is 26.7 Å². The average molecular weight is 294 g/mol. The van der Waals surface area contributed by atoms with E-state index in [0.29, 0.717) is 5.41 Å². The first-order valence-corrected chi connectivity index (χ1v) is 8.86. The molecule has 2 heterocycles. The third-order valence-corrected chi connectivity index (χ3v) is 5.82. The number of hydrogen-bond donors (Lipinski definition) is 1. The van der Waals surface area contributed by atoms with Crippen LogP contribution in [0.25, 0.3) is 0 Å². The van der Waals surface area contributed by atoms with Gasteiger partial charge in [0.2, 0.25) is 0 Å². The first-order valence-electron chi connectivity index (χ1n) is 8.09. The van der Waals surface area contributed by atoms with E-state index in [9.17, 15) is 0 Å². The number of nitrogens with zero attached hydrogens (tertiary/aromatic N) is 3. The van der Waals surface area contributed by atoms with Crippen molar-refractivity contribution >= 4 is 16.5 Å². The van der Waals surface area contributed by atoms with Crippen molar-refractivity contribution < 1.29 is 0 Å². The third kappa shape index (κ3) is 3.14. The van der Waals surface area contributed by atoms with Gasteiger partial charge in [0.1, 0.15) is 10.7 Å². The highest BCUT2D eigenvalue weighted by Gasteiger charge is 2.35. The van der Waals surface area contributed by atoms with E-state index < -0.39 is 0 Å². The van der Waals surface area contributed by atoms with Gasteiger partial charge in [-0.3, -0.25) is 4.90 Å². The molecule has 1 aromatic heterocycles. The zero-order valence-electron chi connectivity index (χ0n) is 12.5. The lowest BCUT2D eigenvalue weighted by Crippen LogP contribution is -2.40. The largest absolute Gasteiger partial charge is 0.374 e.